The Hall–Kier alpha value is -0.570. The fraction of sp³-hybridized carbons (Fsp3) is 0.857. The summed E-state index contributed by atoms with van der Waals surface area (Å²) in [6.07, 6.45) is 0.756. The highest BCUT2D eigenvalue weighted by Gasteiger charge is 2.09. The number of rotatable bonds is 4. The minimum atomic E-state index is -0.977. The van der Waals surface area contributed by atoms with Crippen LogP contribution >= 0.6 is 0 Å². The molecule has 3 N–H and O–H groups in total. The van der Waals surface area contributed by atoms with E-state index < -0.39 is 5.97 Å². The third kappa shape index (κ3) is 4.32. The molecule has 1 atom stereocenters. The molecule has 0 heterocycles. The van der Waals surface area contributed by atoms with Crippen molar-refractivity contribution in [1.82, 2.24) is 0 Å². The van der Waals surface area contributed by atoms with Crippen LogP contribution in [0.15, 0.2) is 0 Å². The van der Waals surface area contributed by atoms with Crippen LogP contribution in [-0.4, -0.2) is 12.0 Å². The van der Waals surface area contributed by atoms with Crippen LogP contribution in [0, 0.1) is 5.92 Å². The Kier molecular flexibility index (Phi) is 4.03. The second-order valence-electron chi connectivity index (χ2n) is 2.91. The van der Waals surface area contributed by atoms with Gasteiger partial charge in [0.1, 0.15) is 0 Å². The van der Waals surface area contributed by atoms with Crippen molar-refractivity contribution in [3.8, 4) is 0 Å². The fourth-order valence-corrected chi connectivity index (χ4v) is 0.637. The maximum atomic E-state index is 9.99. The molecule has 0 aromatic carbocycles. The van der Waals surface area contributed by atoms with E-state index in [1.807, 2.05) is 13.8 Å². The van der Waals surface area contributed by atoms with Gasteiger partial charge in [0.2, 0.25) is 0 Å². The number of quaternary nitrogens is 1. The summed E-state index contributed by atoms with van der Waals surface area (Å²) in [4.78, 5) is 9.99. The van der Waals surface area contributed by atoms with Crippen LogP contribution in [0.2, 0.25) is 0 Å². The monoisotopic (exact) mass is 145 g/mol. The first-order chi connectivity index (χ1) is 4.54. The highest BCUT2D eigenvalue weighted by molar-refractivity contribution is 5.64. The Balaban J connectivity index is 3.39. The molecule has 0 amide bonds. The lowest BCUT2D eigenvalue weighted by atomic mass is 10.0. The van der Waals surface area contributed by atoms with Gasteiger partial charge < -0.3 is 15.6 Å². The van der Waals surface area contributed by atoms with E-state index in [0.717, 1.165) is 0 Å². The first-order valence-electron chi connectivity index (χ1n) is 3.57. The van der Waals surface area contributed by atoms with Crippen LogP contribution in [0.4, 0.5) is 0 Å². The lowest BCUT2D eigenvalue weighted by Crippen LogP contribution is -2.63. The molecular formula is C7H15NO2. The first kappa shape index (κ1) is 9.43. The van der Waals surface area contributed by atoms with Crippen LogP contribution < -0.4 is 10.8 Å². The molecule has 0 aromatic heterocycles. The zero-order valence-electron chi connectivity index (χ0n) is 6.59. The zero-order chi connectivity index (χ0) is 8.15. The van der Waals surface area contributed by atoms with Gasteiger partial charge in [0.15, 0.2) is 0 Å². The third-order valence-corrected chi connectivity index (χ3v) is 1.66. The highest BCUT2D eigenvalue weighted by Crippen LogP contribution is 2.02. The molecule has 0 saturated carbocycles. The molecular weight excluding hydrogens is 130 g/mol. The van der Waals surface area contributed by atoms with Crippen molar-refractivity contribution in [2.75, 3.05) is 0 Å². The summed E-state index contributed by atoms with van der Waals surface area (Å²) in [5.41, 5.74) is 3.82. The summed E-state index contributed by atoms with van der Waals surface area (Å²) < 4.78 is 0. The number of carboxylic acid groups (broad SMARTS) is 1. The Morgan fingerprint density at radius 3 is 2.40 bits per heavy atom. The molecule has 10 heavy (non-hydrogen) atoms. The molecule has 0 unspecified atom stereocenters. The van der Waals surface area contributed by atoms with Gasteiger partial charge in [-0.3, -0.25) is 0 Å². The number of carbonyl (C=O) groups excluding carboxylic acids is 1. The van der Waals surface area contributed by atoms with E-state index in [-0.39, 0.29) is 12.5 Å². The van der Waals surface area contributed by atoms with Crippen LogP contribution in [0.3, 0.4) is 0 Å². The minimum Gasteiger partial charge on any atom is -0.550 e. The predicted molar refractivity (Wildman–Crippen MR) is 35.8 cm³/mol. The van der Waals surface area contributed by atoms with Crippen LogP contribution in [0.1, 0.15) is 26.7 Å². The molecule has 0 aromatic rings. The standard InChI is InChI=1S/C7H15NO2/c1-5(2)6(8)3-4-7(9)10/h5-6H,3-4,8H2,1-2H3,(H,9,10)/t6-/m0/s1. The molecule has 0 rings (SSSR count). The first-order valence-corrected chi connectivity index (χ1v) is 3.57. The molecule has 0 aliphatic heterocycles. The topological polar surface area (TPSA) is 67.8 Å². The van der Waals surface area contributed by atoms with Crippen molar-refractivity contribution in [3.63, 3.8) is 0 Å². The van der Waals surface area contributed by atoms with Crippen molar-refractivity contribution < 1.29 is 15.6 Å². The SMILES string of the molecule is CC(C)[C@@H]([NH3+])CCC(=O)[O-]. The minimum absolute atomic E-state index is 0.131. The molecule has 0 radical (unpaired) electrons. The summed E-state index contributed by atoms with van der Waals surface area (Å²) >= 11 is 0. The van der Waals surface area contributed by atoms with Gasteiger partial charge >= 0.3 is 0 Å². The van der Waals surface area contributed by atoms with E-state index in [9.17, 15) is 9.90 Å². The van der Waals surface area contributed by atoms with E-state index in [0.29, 0.717) is 12.3 Å². The average molecular weight is 145 g/mol. The van der Waals surface area contributed by atoms with Crippen LogP contribution in [0.25, 0.3) is 0 Å². The van der Waals surface area contributed by atoms with Crippen molar-refractivity contribution in [1.29, 1.82) is 0 Å². The smallest absolute Gasteiger partial charge is 0.0870 e. The van der Waals surface area contributed by atoms with Crippen molar-refractivity contribution >= 4 is 5.97 Å². The molecule has 0 aliphatic carbocycles. The summed E-state index contributed by atoms with van der Waals surface area (Å²) in [5.74, 6) is -0.520. The van der Waals surface area contributed by atoms with Crippen molar-refractivity contribution in [3.05, 3.63) is 0 Å². The maximum Gasteiger partial charge on any atom is 0.0870 e. The Morgan fingerprint density at radius 2 is 2.10 bits per heavy atom. The Bertz CT molecular complexity index is 112. The van der Waals surface area contributed by atoms with Gasteiger partial charge in [0.05, 0.1) is 6.04 Å². The van der Waals surface area contributed by atoms with E-state index in [1.54, 1.807) is 0 Å². The van der Waals surface area contributed by atoms with Crippen molar-refractivity contribution in [2.24, 2.45) is 5.92 Å². The van der Waals surface area contributed by atoms with Gasteiger partial charge in [0.25, 0.3) is 0 Å². The highest BCUT2D eigenvalue weighted by atomic mass is 16.4. The summed E-state index contributed by atoms with van der Waals surface area (Å²) in [7, 11) is 0. The van der Waals surface area contributed by atoms with Gasteiger partial charge in [-0.1, -0.05) is 13.8 Å². The quantitative estimate of drug-likeness (QED) is 0.539. The van der Waals surface area contributed by atoms with E-state index in [2.05, 4.69) is 5.73 Å². The van der Waals surface area contributed by atoms with Gasteiger partial charge in [-0.15, -0.1) is 0 Å². The number of carboxylic acids is 1. The Morgan fingerprint density at radius 1 is 1.60 bits per heavy atom. The molecule has 0 spiro atoms. The molecule has 0 fully saturated rings. The van der Waals surface area contributed by atoms with E-state index in [1.165, 1.54) is 0 Å². The number of hydrogen-bond acceptors (Lipinski definition) is 2. The lowest BCUT2D eigenvalue weighted by Gasteiger charge is -2.11. The third-order valence-electron chi connectivity index (χ3n) is 1.66. The molecule has 3 heteroatoms. The van der Waals surface area contributed by atoms with E-state index in [4.69, 9.17) is 0 Å². The molecule has 0 bridgehead atoms. The Labute approximate surface area is 61.2 Å². The molecule has 0 aliphatic rings. The van der Waals surface area contributed by atoms with Gasteiger partial charge in [0, 0.05) is 18.3 Å². The fourth-order valence-electron chi connectivity index (χ4n) is 0.637. The maximum absolute atomic E-state index is 9.99. The predicted octanol–water partition coefficient (Wildman–Crippen LogP) is -1.22. The van der Waals surface area contributed by atoms with Crippen molar-refractivity contribution in [2.45, 2.75) is 32.7 Å². The van der Waals surface area contributed by atoms with Gasteiger partial charge in [-0.2, -0.15) is 0 Å². The normalized spacial score (nSPS) is 13.6. The largest absolute Gasteiger partial charge is 0.550 e. The zero-order valence-corrected chi connectivity index (χ0v) is 6.59. The molecule has 3 nitrogen and oxygen atoms in total. The average Bonchev–Trinajstić information content (AvgIpc) is 1.82. The van der Waals surface area contributed by atoms with Gasteiger partial charge in [-0.25, -0.2) is 0 Å². The second-order valence-corrected chi connectivity index (χ2v) is 2.91. The number of aliphatic carboxylic acids is 1. The summed E-state index contributed by atoms with van der Waals surface area (Å²) in [6, 6.07) is 0.234. The van der Waals surface area contributed by atoms with Crippen LogP contribution in [0.5, 0.6) is 0 Å². The lowest BCUT2D eigenvalue weighted by molar-refractivity contribution is -0.433. The number of hydrogen-bond donors (Lipinski definition) is 1. The van der Waals surface area contributed by atoms with E-state index >= 15 is 0 Å². The van der Waals surface area contributed by atoms with Crippen LogP contribution in [-0.2, 0) is 4.79 Å². The summed E-state index contributed by atoms with van der Waals surface area (Å²) in [6.45, 7) is 4.07. The summed E-state index contributed by atoms with van der Waals surface area (Å²) in [5, 5.41) is 9.99. The van der Waals surface area contributed by atoms with Gasteiger partial charge in [-0.05, 0) is 6.42 Å². The molecule has 0 saturated heterocycles. The second kappa shape index (κ2) is 4.28. The molecule has 60 valence electrons. The number of carbonyl (C=O) groups is 1.